The molecule has 1 aliphatic rings. The number of rotatable bonds is 4. The van der Waals surface area contributed by atoms with Crippen LogP contribution in [0.1, 0.15) is 24.4 Å². The highest BCUT2D eigenvalue weighted by Gasteiger charge is 2.37. The topological polar surface area (TPSA) is 71.8 Å². The quantitative estimate of drug-likeness (QED) is 0.700. The Labute approximate surface area is 164 Å². The van der Waals surface area contributed by atoms with Crippen LogP contribution in [0.3, 0.4) is 0 Å². The predicted octanol–water partition coefficient (Wildman–Crippen LogP) is 3.52. The molecule has 1 aliphatic heterocycles. The van der Waals surface area contributed by atoms with E-state index in [1.54, 1.807) is 28.9 Å². The number of anilines is 1. The molecule has 0 bridgehead atoms. The Balaban J connectivity index is 1.68. The van der Waals surface area contributed by atoms with Gasteiger partial charge in [0.2, 0.25) is 11.1 Å². The number of benzene rings is 2. The lowest BCUT2D eigenvalue weighted by Gasteiger charge is -2.33. The zero-order valence-electron chi connectivity index (χ0n) is 14.9. The van der Waals surface area contributed by atoms with Gasteiger partial charge in [0.05, 0.1) is 11.7 Å². The number of fused-ring (bicyclic) bond motifs is 1. The van der Waals surface area contributed by atoms with E-state index in [2.05, 4.69) is 20.9 Å². The molecule has 2 N–H and O–H groups in total. The van der Waals surface area contributed by atoms with Gasteiger partial charge in [0.15, 0.2) is 5.82 Å². The van der Waals surface area contributed by atoms with E-state index in [1.807, 2.05) is 6.92 Å². The first kappa shape index (κ1) is 18.4. The molecule has 0 fully saturated rings. The van der Waals surface area contributed by atoms with E-state index >= 15 is 0 Å². The van der Waals surface area contributed by atoms with Crippen molar-refractivity contribution in [2.24, 2.45) is 0 Å². The first-order chi connectivity index (χ1) is 13.6. The van der Waals surface area contributed by atoms with Crippen LogP contribution in [0.4, 0.5) is 14.5 Å². The maximum atomic E-state index is 14.0. The number of hydrogen-bond acceptors (Lipinski definition) is 5. The molecule has 9 heteroatoms. The lowest BCUT2D eigenvalue weighted by molar-refractivity contribution is -0.116. The van der Waals surface area contributed by atoms with Gasteiger partial charge in [0.1, 0.15) is 16.9 Å². The molecule has 2 atom stereocenters. The summed E-state index contributed by atoms with van der Waals surface area (Å²) in [7, 11) is 0. The number of aromatic nitrogens is 3. The molecular weight excluding hydrogens is 384 g/mol. The first-order valence-electron chi connectivity index (χ1n) is 8.75. The molecule has 0 saturated heterocycles. The molecule has 0 unspecified atom stereocenters. The fourth-order valence-electron chi connectivity index (χ4n) is 3.01. The minimum Gasteiger partial charge on any atom is -0.323 e. The standard InChI is InChI=1S/C19H17F2N5OS/c1-2-15-23-24-19-26(15)25-16(11-7-9-12(20)10-8-11)17(28-19)18(27)22-14-6-4-3-5-13(14)21/h3-10,16-17,25H,2H2,1H3,(H,22,27)/t16-,17-/m0/s1. The monoisotopic (exact) mass is 401 g/mol. The average molecular weight is 401 g/mol. The van der Waals surface area contributed by atoms with Crippen LogP contribution >= 0.6 is 11.8 Å². The summed E-state index contributed by atoms with van der Waals surface area (Å²) in [4.78, 5) is 13.0. The number of nitrogens with zero attached hydrogens (tertiary/aromatic N) is 3. The van der Waals surface area contributed by atoms with Crippen LogP contribution in [0.5, 0.6) is 0 Å². The number of halogens is 2. The van der Waals surface area contributed by atoms with E-state index in [0.717, 1.165) is 11.4 Å². The van der Waals surface area contributed by atoms with Crippen molar-refractivity contribution in [3.8, 4) is 0 Å². The largest absolute Gasteiger partial charge is 0.323 e. The molecule has 144 valence electrons. The van der Waals surface area contributed by atoms with Gasteiger partial charge in [-0.2, -0.15) is 0 Å². The van der Waals surface area contributed by atoms with Gasteiger partial charge in [-0.25, -0.2) is 13.5 Å². The number of amides is 1. The summed E-state index contributed by atoms with van der Waals surface area (Å²) in [5.41, 5.74) is 4.09. The SMILES string of the molecule is CCc1nnc2n1N[C@@H](c1ccc(F)cc1)[C@@H](C(=O)Nc1ccccc1F)S2. The summed E-state index contributed by atoms with van der Waals surface area (Å²) in [5.74, 6) is -0.537. The van der Waals surface area contributed by atoms with Gasteiger partial charge in [-0.15, -0.1) is 10.2 Å². The average Bonchev–Trinajstić information content (AvgIpc) is 3.11. The number of aryl methyl sites for hydroxylation is 1. The summed E-state index contributed by atoms with van der Waals surface area (Å²) in [6.45, 7) is 1.95. The van der Waals surface area contributed by atoms with E-state index in [9.17, 15) is 13.6 Å². The normalized spacial score (nSPS) is 18.2. The van der Waals surface area contributed by atoms with Crippen LogP contribution in [0.2, 0.25) is 0 Å². The van der Waals surface area contributed by atoms with Crippen molar-refractivity contribution < 1.29 is 13.6 Å². The third kappa shape index (κ3) is 3.45. The van der Waals surface area contributed by atoms with Gasteiger partial charge in [0, 0.05) is 6.42 Å². The van der Waals surface area contributed by atoms with Gasteiger partial charge in [0.25, 0.3) is 0 Å². The molecule has 2 aromatic carbocycles. The zero-order chi connectivity index (χ0) is 19.7. The number of thioether (sulfide) groups is 1. The van der Waals surface area contributed by atoms with Crippen molar-refractivity contribution >= 4 is 23.4 Å². The summed E-state index contributed by atoms with van der Waals surface area (Å²) >= 11 is 1.23. The fraction of sp³-hybridized carbons (Fsp3) is 0.211. The van der Waals surface area contributed by atoms with Crippen LogP contribution < -0.4 is 10.7 Å². The third-order valence-electron chi connectivity index (χ3n) is 4.44. The molecule has 1 amide bonds. The minimum absolute atomic E-state index is 0.104. The predicted molar refractivity (Wildman–Crippen MR) is 103 cm³/mol. The van der Waals surface area contributed by atoms with Gasteiger partial charge in [-0.1, -0.05) is 43.0 Å². The fourth-order valence-corrected chi connectivity index (χ4v) is 4.11. The highest BCUT2D eigenvalue weighted by Crippen LogP contribution is 2.37. The molecule has 28 heavy (non-hydrogen) atoms. The summed E-state index contributed by atoms with van der Waals surface area (Å²) in [6.07, 6.45) is 0.656. The van der Waals surface area contributed by atoms with Crippen molar-refractivity contribution in [3.05, 3.63) is 71.6 Å². The Hall–Kier alpha value is -2.94. The maximum Gasteiger partial charge on any atom is 0.240 e. The van der Waals surface area contributed by atoms with Crippen LogP contribution in [-0.2, 0) is 11.2 Å². The van der Waals surface area contributed by atoms with Crippen LogP contribution in [-0.4, -0.2) is 26.0 Å². The van der Waals surface area contributed by atoms with Crippen molar-refractivity contribution in [2.75, 3.05) is 10.7 Å². The molecule has 0 radical (unpaired) electrons. The van der Waals surface area contributed by atoms with E-state index in [0.29, 0.717) is 11.6 Å². The molecule has 2 heterocycles. The Kier molecular flexibility index (Phi) is 4.99. The minimum atomic E-state index is -0.661. The van der Waals surface area contributed by atoms with E-state index < -0.39 is 17.1 Å². The molecular formula is C19H17F2N5OS. The second-order valence-corrected chi connectivity index (χ2v) is 7.36. The number of carbonyl (C=O) groups excluding carboxylic acids is 1. The molecule has 0 aliphatic carbocycles. The van der Waals surface area contributed by atoms with E-state index in [-0.39, 0.29) is 17.4 Å². The number of hydrogen-bond donors (Lipinski definition) is 2. The number of nitrogens with one attached hydrogen (secondary N) is 2. The molecule has 6 nitrogen and oxygen atoms in total. The van der Waals surface area contributed by atoms with Gasteiger partial charge in [-0.05, 0) is 29.8 Å². The summed E-state index contributed by atoms with van der Waals surface area (Å²) in [5, 5.41) is 10.8. The Morgan fingerprint density at radius 3 is 2.64 bits per heavy atom. The van der Waals surface area contributed by atoms with Crippen molar-refractivity contribution in [2.45, 2.75) is 29.8 Å². The van der Waals surface area contributed by atoms with Gasteiger partial charge < -0.3 is 10.7 Å². The Bertz CT molecular complexity index is 1010. The van der Waals surface area contributed by atoms with Crippen molar-refractivity contribution in [1.82, 2.24) is 14.9 Å². The number of para-hydroxylation sites is 1. The Morgan fingerprint density at radius 2 is 1.93 bits per heavy atom. The highest BCUT2D eigenvalue weighted by atomic mass is 32.2. The van der Waals surface area contributed by atoms with Crippen molar-refractivity contribution in [3.63, 3.8) is 0 Å². The Morgan fingerprint density at radius 1 is 1.18 bits per heavy atom. The molecule has 1 aromatic heterocycles. The maximum absolute atomic E-state index is 14.0. The van der Waals surface area contributed by atoms with Gasteiger partial charge >= 0.3 is 0 Å². The highest BCUT2D eigenvalue weighted by molar-refractivity contribution is 8.00. The lowest BCUT2D eigenvalue weighted by Crippen LogP contribution is -2.41. The number of carbonyl (C=O) groups is 1. The van der Waals surface area contributed by atoms with Crippen LogP contribution in [0.15, 0.2) is 53.7 Å². The molecule has 4 rings (SSSR count). The summed E-state index contributed by atoms with van der Waals surface area (Å²) in [6, 6.07) is 11.4. The second kappa shape index (κ2) is 7.59. The smallest absolute Gasteiger partial charge is 0.240 e. The zero-order valence-corrected chi connectivity index (χ0v) is 15.7. The van der Waals surface area contributed by atoms with E-state index in [4.69, 9.17) is 0 Å². The summed E-state index contributed by atoms with van der Waals surface area (Å²) < 4.78 is 29.1. The van der Waals surface area contributed by atoms with Crippen LogP contribution in [0, 0.1) is 11.6 Å². The van der Waals surface area contributed by atoms with Gasteiger partial charge in [-0.3, -0.25) is 4.79 Å². The van der Waals surface area contributed by atoms with E-state index in [1.165, 1.54) is 36.0 Å². The second-order valence-electron chi connectivity index (χ2n) is 6.25. The third-order valence-corrected chi connectivity index (χ3v) is 5.65. The molecule has 3 aromatic rings. The first-order valence-corrected chi connectivity index (χ1v) is 9.63. The lowest BCUT2D eigenvalue weighted by atomic mass is 10.0. The van der Waals surface area contributed by atoms with Crippen molar-refractivity contribution in [1.29, 1.82) is 0 Å². The molecule has 0 spiro atoms. The van der Waals surface area contributed by atoms with Crippen LogP contribution in [0.25, 0.3) is 0 Å². The molecule has 0 saturated carbocycles.